The molecular weight excluding hydrogens is 753 g/mol. The lowest BCUT2D eigenvalue weighted by atomic mass is 9.69. The highest BCUT2D eigenvalue weighted by molar-refractivity contribution is 5.73. The van der Waals surface area contributed by atoms with E-state index < -0.39 is 5.41 Å². The Kier molecular flexibility index (Phi) is 10.9. The molecule has 8 rings (SSSR count). The van der Waals surface area contributed by atoms with Crippen molar-refractivity contribution in [2.45, 2.75) is 104 Å². The van der Waals surface area contributed by atoms with Crippen LogP contribution in [-0.2, 0) is 33.1 Å². The number of nitriles is 4. The summed E-state index contributed by atoms with van der Waals surface area (Å²) in [7, 11) is 0. The topological polar surface area (TPSA) is 120 Å². The normalized spacial score (nSPS) is 19.7. The number of benzene rings is 2. The Balaban J connectivity index is 1.04. The molecular formula is C53H54N6O2. The van der Waals surface area contributed by atoms with Gasteiger partial charge in [-0.05, 0) is 150 Å². The molecule has 61 heavy (non-hydrogen) atoms. The number of ether oxygens (including phenoxy) is 2. The lowest BCUT2D eigenvalue weighted by Gasteiger charge is -2.48. The fourth-order valence-electron chi connectivity index (χ4n) is 9.72. The number of hydrogen-bond acceptors (Lipinski definition) is 8. The second-order valence-electron chi connectivity index (χ2n) is 19.2. The van der Waals surface area contributed by atoms with Gasteiger partial charge in [-0.3, -0.25) is 0 Å². The third-order valence-corrected chi connectivity index (χ3v) is 13.5. The molecule has 0 bridgehead atoms. The molecule has 0 radical (unpaired) electrons. The molecule has 0 spiro atoms. The van der Waals surface area contributed by atoms with Crippen molar-refractivity contribution >= 4 is 23.5 Å². The van der Waals surface area contributed by atoms with E-state index in [4.69, 9.17) is 9.47 Å². The summed E-state index contributed by atoms with van der Waals surface area (Å²) in [6, 6.07) is 17.4. The summed E-state index contributed by atoms with van der Waals surface area (Å²) in [6.45, 7) is 17.9. The van der Waals surface area contributed by atoms with Crippen LogP contribution in [0.2, 0.25) is 0 Å². The minimum atomic E-state index is -0.570. The molecule has 0 atom stereocenters. The second-order valence-corrected chi connectivity index (χ2v) is 19.2. The largest absolute Gasteiger partial charge is 0.462 e. The quantitative estimate of drug-likeness (QED) is 0.242. The van der Waals surface area contributed by atoms with Crippen molar-refractivity contribution in [3.63, 3.8) is 0 Å². The van der Waals surface area contributed by atoms with Crippen LogP contribution in [0.15, 0.2) is 106 Å². The van der Waals surface area contributed by atoms with Gasteiger partial charge in [0.15, 0.2) is 0 Å². The zero-order chi connectivity index (χ0) is 43.1. The molecule has 6 heterocycles. The van der Waals surface area contributed by atoms with Crippen molar-refractivity contribution in [2.75, 3.05) is 36.0 Å². The van der Waals surface area contributed by atoms with Gasteiger partial charge in [-0.25, -0.2) is 0 Å². The second kappa shape index (κ2) is 16.2. The molecule has 0 N–H and O–H groups in total. The molecule has 8 heteroatoms. The van der Waals surface area contributed by atoms with E-state index in [1.807, 2.05) is 12.2 Å². The number of rotatable bonds is 8. The van der Waals surface area contributed by atoms with Crippen molar-refractivity contribution < 1.29 is 9.47 Å². The zero-order valence-electron chi connectivity index (χ0n) is 36.4. The average Bonchev–Trinajstić information content (AvgIpc) is 3.24. The Morgan fingerprint density at radius 3 is 1.67 bits per heavy atom. The van der Waals surface area contributed by atoms with Crippen LogP contribution in [0.5, 0.6) is 0 Å². The summed E-state index contributed by atoms with van der Waals surface area (Å²) >= 11 is 0. The first-order chi connectivity index (χ1) is 29.2. The standard InChI is InChI=1S/C53H54N6O2/c1-51(2)17-21-59-22-18-52(3,4)47-26-36(25-46(51)50(47)59)12-14-44-29-40(42(33-56)34-57)30-48(61-44)53(5,6)16-15-45-28-39(41(31-54)32-55)27-43(60-45)13-11-35-23-37-9-7-19-58-20-8-10-38(24-35)49(37)58/h11-14,23-30H,7-10,15-22H2,1-6H3/b13-11+,14-12+. The van der Waals surface area contributed by atoms with Gasteiger partial charge in [-0.1, -0.05) is 53.7 Å². The van der Waals surface area contributed by atoms with Crippen LogP contribution in [0.3, 0.4) is 0 Å². The third kappa shape index (κ3) is 8.21. The number of allylic oxidation sites excluding steroid dienone is 12. The minimum Gasteiger partial charge on any atom is -0.462 e. The fraction of sp³-hybridized carbons (Fsp3) is 0.396. The summed E-state index contributed by atoms with van der Waals surface area (Å²) < 4.78 is 13.1. The van der Waals surface area contributed by atoms with Crippen LogP contribution in [0, 0.1) is 50.7 Å². The average molecular weight is 807 g/mol. The predicted octanol–water partition coefficient (Wildman–Crippen LogP) is 11.4. The van der Waals surface area contributed by atoms with Crippen LogP contribution in [0.4, 0.5) is 11.4 Å². The van der Waals surface area contributed by atoms with E-state index in [1.54, 1.807) is 24.3 Å². The summed E-state index contributed by atoms with van der Waals surface area (Å²) in [6.07, 6.45) is 22.8. The Morgan fingerprint density at radius 1 is 0.639 bits per heavy atom. The highest BCUT2D eigenvalue weighted by Gasteiger charge is 2.40. The van der Waals surface area contributed by atoms with Crippen LogP contribution in [0.25, 0.3) is 12.2 Å². The lowest BCUT2D eigenvalue weighted by Crippen LogP contribution is -2.44. The molecule has 2 aromatic rings. The SMILES string of the molecule is CC(C)(CCC1=CC(=C(C#N)C#N)C=C(/C=C/c2cc3c4c(c2)CCCN4CCC3)O1)C1=CC(=C(C#N)C#N)C=C(/C=C/c2cc3c4c(c2)C(C)(C)CCN4CCC3(C)C)O1. The molecule has 0 unspecified atom stereocenters. The van der Waals surface area contributed by atoms with E-state index in [-0.39, 0.29) is 22.0 Å². The highest BCUT2D eigenvalue weighted by atomic mass is 16.5. The molecule has 0 amide bonds. The predicted molar refractivity (Wildman–Crippen MR) is 241 cm³/mol. The Morgan fingerprint density at radius 2 is 1.13 bits per heavy atom. The van der Waals surface area contributed by atoms with Crippen LogP contribution in [0.1, 0.15) is 113 Å². The van der Waals surface area contributed by atoms with Gasteiger partial charge < -0.3 is 19.3 Å². The number of anilines is 2. The molecule has 308 valence electrons. The van der Waals surface area contributed by atoms with Crippen molar-refractivity contribution in [3.05, 3.63) is 139 Å². The van der Waals surface area contributed by atoms with Crippen molar-refractivity contribution in [3.8, 4) is 24.3 Å². The van der Waals surface area contributed by atoms with Gasteiger partial charge in [0.1, 0.15) is 58.5 Å². The Bertz CT molecular complexity index is 2520. The molecule has 0 saturated heterocycles. The summed E-state index contributed by atoms with van der Waals surface area (Å²) in [4.78, 5) is 5.09. The number of hydrogen-bond donors (Lipinski definition) is 0. The van der Waals surface area contributed by atoms with Gasteiger partial charge in [0, 0.05) is 60.5 Å². The summed E-state index contributed by atoms with van der Waals surface area (Å²) in [5.74, 6) is 2.35. The summed E-state index contributed by atoms with van der Waals surface area (Å²) in [5.41, 5.74) is 11.2. The maximum atomic E-state index is 9.93. The fourth-order valence-corrected chi connectivity index (χ4v) is 9.72. The molecule has 2 aromatic carbocycles. The molecule has 0 fully saturated rings. The van der Waals surface area contributed by atoms with Gasteiger partial charge in [0.2, 0.25) is 0 Å². The van der Waals surface area contributed by atoms with Crippen LogP contribution >= 0.6 is 0 Å². The molecule has 8 nitrogen and oxygen atoms in total. The van der Waals surface area contributed by atoms with E-state index in [0.717, 1.165) is 75.8 Å². The number of aryl methyl sites for hydroxylation is 2. The van der Waals surface area contributed by atoms with Gasteiger partial charge >= 0.3 is 0 Å². The Hall–Kier alpha value is -6.48. The van der Waals surface area contributed by atoms with E-state index in [1.165, 1.54) is 33.6 Å². The molecule has 6 aliphatic heterocycles. The maximum Gasteiger partial charge on any atom is 0.137 e. The van der Waals surface area contributed by atoms with Crippen molar-refractivity contribution in [2.24, 2.45) is 5.41 Å². The van der Waals surface area contributed by atoms with Gasteiger partial charge in [-0.2, -0.15) is 21.0 Å². The third-order valence-electron chi connectivity index (χ3n) is 13.5. The van der Waals surface area contributed by atoms with Crippen LogP contribution < -0.4 is 9.80 Å². The first kappa shape index (κ1) is 41.3. The smallest absolute Gasteiger partial charge is 0.137 e. The van der Waals surface area contributed by atoms with E-state index in [0.29, 0.717) is 47.0 Å². The first-order valence-corrected chi connectivity index (χ1v) is 21.7. The van der Waals surface area contributed by atoms with Crippen molar-refractivity contribution in [1.82, 2.24) is 0 Å². The highest BCUT2D eigenvalue weighted by Crippen LogP contribution is 2.50. The summed E-state index contributed by atoms with van der Waals surface area (Å²) in [5, 5.41) is 39.5. The Labute approximate surface area is 361 Å². The van der Waals surface area contributed by atoms with Gasteiger partial charge in [-0.15, -0.1) is 0 Å². The van der Waals surface area contributed by atoms with E-state index >= 15 is 0 Å². The van der Waals surface area contributed by atoms with E-state index in [9.17, 15) is 21.0 Å². The number of nitrogens with zero attached hydrogens (tertiary/aromatic N) is 6. The zero-order valence-corrected chi connectivity index (χ0v) is 36.4. The maximum absolute atomic E-state index is 9.93. The molecule has 0 saturated carbocycles. The minimum absolute atomic E-state index is 0.0139. The van der Waals surface area contributed by atoms with Gasteiger partial charge in [0.05, 0.1) is 0 Å². The first-order valence-electron chi connectivity index (χ1n) is 21.7. The monoisotopic (exact) mass is 806 g/mol. The molecule has 6 aliphatic rings. The van der Waals surface area contributed by atoms with Crippen LogP contribution in [-0.4, -0.2) is 26.2 Å². The van der Waals surface area contributed by atoms with E-state index in [2.05, 4.69) is 112 Å². The molecule has 0 aromatic heterocycles. The molecule has 0 aliphatic carbocycles. The van der Waals surface area contributed by atoms with Crippen molar-refractivity contribution in [1.29, 1.82) is 21.0 Å². The lowest BCUT2D eigenvalue weighted by molar-refractivity contribution is 0.191. The van der Waals surface area contributed by atoms with Gasteiger partial charge in [0.25, 0.3) is 0 Å².